The Morgan fingerprint density at radius 1 is 1.00 bits per heavy atom. The fourth-order valence-electron chi connectivity index (χ4n) is 3.35. The van der Waals surface area contributed by atoms with Crippen LogP contribution in [0.2, 0.25) is 0 Å². The third-order valence-corrected chi connectivity index (χ3v) is 4.36. The first-order valence-electron chi connectivity index (χ1n) is 6.82. The molecule has 0 amide bonds. The van der Waals surface area contributed by atoms with Gasteiger partial charge >= 0.3 is 0 Å². The van der Waals surface area contributed by atoms with E-state index in [4.69, 9.17) is 0 Å². The van der Waals surface area contributed by atoms with Gasteiger partial charge < -0.3 is 5.11 Å². The highest BCUT2D eigenvalue weighted by atomic mass is 19.2. The van der Waals surface area contributed by atoms with Gasteiger partial charge in [0.1, 0.15) is 5.75 Å². The first-order valence-corrected chi connectivity index (χ1v) is 6.82. The first-order chi connectivity index (χ1) is 10.1. The molecule has 1 unspecified atom stereocenters. The van der Waals surface area contributed by atoms with E-state index in [9.17, 15) is 13.9 Å². The van der Waals surface area contributed by atoms with Gasteiger partial charge in [0.05, 0.1) is 0 Å². The highest BCUT2D eigenvalue weighted by Gasteiger charge is 2.29. The normalized spacial score (nSPS) is 16.0. The van der Waals surface area contributed by atoms with E-state index in [1.54, 1.807) is 6.07 Å². The smallest absolute Gasteiger partial charge is 0.167 e. The molecule has 3 heteroatoms. The Balaban J connectivity index is 2.25. The minimum Gasteiger partial charge on any atom is -0.507 e. The summed E-state index contributed by atoms with van der Waals surface area (Å²) in [6.45, 7) is 2.01. The quantitative estimate of drug-likeness (QED) is 0.618. The SMILES string of the molecule is CC1c2ccccc2-c2c1cc(O)c1ccc(F)c(F)c21. The molecule has 1 nitrogen and oxygen atoms in total. The molecule has 0 saturated carbocycles. The summed E-state index contributed by atoms with van der Waals surface area (Å²) < 4.78 is 28.0. The molecule has 0 radical (unpaired) electrons. The van der Waals surface area contributed by atoms with Gasteiger partial charge in [-0.1, -0.05) is 31.2 Å². The summed E-state index contributed by atoms with van der Waals surface area (Å²) in [5.74, 6) is -1.76. The van der Waals surface area contributed by atoms with Gasteiger partial charge in [0.15, 0.2) is 11.6 Å². The Labute approximate surface area is 120 Å². The molecule has 3 aromatic carbocycles. The summed E-state index contributed by atoms with van der Waals surface area (Å²) in [6, 6.07) is 11.9. The number of fused-ring (bicyclic) bond motifs is 5. The third kappa shape index (κ3) is 1.49. The zero-order valence-corrected chi connectivity index (χ0v) is 11.3. The molecule has 0 heterocycles. The monoisotopic (exact) mass is 282 g/mol. The molecule has 1 N–H and O–H groups in total. The first kappa shape index (κ1) is 12.3. The Morgan fingerprint density at radius 3 is 2.57 bits per heavy atom. The number of hydrogen-bond acceptors (Lipinski definition) is 1. The van der Waals surface area contributed by atoms with Crippen molar-refractivity contribution in [2.75, 3.05) is 0 Å². The Hall–Kier alpha value is -2.42. The molecule has 0 bridgehead atoms. The van der Waals surface area contributed by atoms with Crippen molar-refractivity contribution in [1.82, 2.24) is 0 Å². The molecular formula is C18H12F2O. The van der Waals surface area contributed by atoms with E-state index in [1.165, 1.54) is 6.07 Å². The van der Waals surface area contributed by atoms with Gasteiger partial charge in [-0.3, -0.25) is 0 Å². The minimum atomic E-state index is -0.899. The predicted molar refractivity (Wildman–Crippen MR) is 78.5 cm³/mol. The summed E-state index contributed by atoms with van der Waals surface area (Å²) >= 11 is 0. The lowest BCUT2D eigenvalue weighted by atomic mass is 9.95. The van der Waals surface area contributed by atoms with Crippen molar-refractivity contribution in [3.8, 4) is 16.9 Å². The van der Waals surface area contributed by atoms with Crippen LogP contribution >= 0.6 is 0 Å². The molecule has 3 aromatic rings. The number of rotatable bonds is 0. The molecule has 0 aliphatic heterocycles. The number of halogens is 2. The lowest BCUT2D eigenvalue weighted by Gasteiger charge is -2.11. The van der Waals surface area contributed by atoms with Gasteiger partial charge in [-0.15, -0.1) is 0 Å². The van der Waals surface area contributed by atoms with Gasteiger partial charge in [0.25, 0.3) is 0 Å². The van der Waals surface area contributed by atoms with E-state index in [0.29, 0.717) is 10.9 Å². The van der Waals surface area contributed by atoms with Gasteiger partial charge in [-0.2, -0.15) is 0 Å². The molecular weight excluding hydrogens is 270 g/mol. The van der Waals surface area contributed by atoms with E-state index in [0.717, 1.165) is 22.8 Å². The molecule has 0 saturated heterocycles. The van der Waals surface area contributed by atoms with Crippen molar-refractivity contribution in [1.29, 1.82) is 0 Å². The molecule has 104 valence electrons. The standard InChI is InChI=1S/C18H12F2O/c1-9-10-4-2-3-5-11(10)16-13(9)8-15(21)12-6-7-14(19)18(20)17(12)16/h2-9,21H,1H3. The molecule has 0 fully saturated rings. The largest absolute Gasteiger partial charge is 0.507 e. The topological polar surface area (TPSA) is 20.2 Å². The minimum absolute atomic E-state index is 0.0118. The van der Waals surface area contributed by atoms with Gasteiger partial charge in [-0.05, 0) is 40.5 Å². The Kier molecular flexibility index (Phi) is 2.37. The van der Waals surface area contributed by atoms with Crippen molar-refractivity contribution >= 4 is 10.8 Å². The number of phenolic OH excluding ortho intramolecular Hbond substituents is 1. The second-order valence-electron chi connectivity index (χ2n) is 5.45. The van der Waals surface area contributed by atoms with Crippen LogP contribution in [0.15, 0.2) is 42.5 Å². The fraction of sp³-hybridized carbons (Fsp3) is 0.111. The molecule has 0 spiro atoms. The van der Waals surface area contributed by atoms with Gasteiger partial charge in [0, 0.05) is 16.7 Å². The average Bonchev–Trinajstić information content (AvgIpc) is 2.76. The third-order valence-electron chi connectivity index (χ3n) is 4.36. The average molecular weight is 282 g/mol. The van der Waals surface area contributed by atoms with Crippen LogP contribution in [0, 0.1) is 11.6 Å². The maximum atomic E-state index is 14.4. The van der Waals surface area contributed by atoms with E-state index in [2.05, 4.69) is 0 Å². The molecule has 1 aliphatic rings. The van der Waals surface area contributed by atoms with Crippen LogP contribution < -0.4 is 0 Å². The van der Waals surface area contributed by atoms with Crippen molar-refractivity contribution in [2.24, 2.45) is 0 Å². The second-order valence-corrected chi connectivity index (χ2v) is 5.45. The zero-order valence-electron chi connectivity index (χ0n) is 11.3. The Morgan fingerprint density at radius 2 is 1.76 bits per heavy atom. The summed E-state index contributed by atoms with van der Waals surface area (Å²) in [7, 11) is 0. The predicted octanol–water partition coefficient (Wildman–Crippen LogP) is 4.96. The molecule has 1 atom stereocenters. The highest BCUT2D eigenvalue weighted by Crippen LogP contribution is 2.50. The zero-order chi connectivity index (χ0) is 14.7. The molecule has 21 heavy (non-hydrogen) atoms. The highest BCUT2D eigenvalue weighted by molar-refractivity contribution is 6.04. The second kappa shape index (κ2) is 4.04. The van der Waals surface area contributed by atoms with Gasteiger partial charge in [-0.25, -0.2) is 8.78 Å². The summed E-state index contributed by atoms with van der Waals surface area (Å²) in [6.07, 6.45) is 0. The van der Waals surface area contributed by atoms with Crippen molar-refractivity contribution in [3.05, 3.63) is 65.2 Å². The Bertz CT molecular complexity index is 899. The lowest BCUT2D eigenvalue weighted by Crippen LogP contribution is -1.93. The summed E-state index contributed by atoms with van der Waals surface area (Å²) in [5.41, 5.74) is 3.52. The maximum Gasteiger partial charge on any atom is 0.167 e. The molecule has 4 rings (SSSR count). The fourth-order valence-corrected chi connectivity index (χ4v) is 3.35. The van der Waals surface area contributed by atoms with Crippen molar-refractivity contribution in [3.63, 3.8) is 0 Å². The van der Waals surface area contributed by atoms with Gasteiger partial charge in [0.2, 0.25) is 0 Å². The molecule has 0 aromatic heterocycles. The number of benzene rings is 3. The summed E-state index contributed by atoms with van der Waals surface area (Å²) in [4.78, 5) is 0. The number of phenols is 1. The van der Waals surface area contributed by atoms with E-state index in [1.807, 2.05) is 31.2 Å². The van der Waals surface area contributed by atoms with Crippen LogP contribution in [0.25, 0.3) is 21.9 Å². The number of hydrogen-bond donors (Lipinski definition) is 1. The molecule has 1 aliphatic carbocycles. The van der Waals surface area contributed by atoms with Crippen LogP contribution in [0.1, 0.15) is 24.0 Å². The van der Waals surface area contributed by atoms with Crippen LogP contribution in [-0.4, -0.2) is 5.11 Å². The van der Waals surface area contributed by atoms with Crippen LogP contribution in [0.4, 0.5) is 8.78 Å². The lowest BCUT2D eigenvalue weighted by molar-refractivity contribution is 0.479. The van der Waals surface area contributed by atoms with Crippen LogP contribution in [0.5, 0.6) is 5.75 Å². The van der Waals surface area contributed by atoms with E-state index >= 15 is 0 Å². The van der Waals surface area contributed by atoms with Crippen molar-refractivity contribution in [2.45, 2.75) is 12.8 Å². The number of aromatic hydroxyl groups is 1. The van der Waals surface area contributed by atoms with Crippen molar-refractivity contribution < 1.29 is 13.9 Å². The van der Waals surface area contributed by atoms with Crippen LogP contribution in [0.3, 0.4) is 0 Å². The van der Waals surface area contributed by atoms with Crippen LogP contribution in [-0.2, 0) is 0 Å². The maximum absolute atomic E-state index is 14.4. The van der Waals surface area contributed by atoms with E-state index < -0.39 is 11.6 Å². The summed E-state index contributed by atoms with van der Waals surface area (Å²) in [5, 5.41) is 10.7. The van der Waals surface area contributed by atoms with E-state index in [-0.39, 0.29) is 17.1 Å².